The van der Waals surface area contributed by atoms with Crippen LogP contribution >= 0.6 is 15.9 Å². The Morgan fingerprint density at radius 2 is 2.12 bits per heavy atom. The number of amides is 1. The third-order valence-electron chi connectivity index (χ3n) is 5.70. The Balaban J connectivity index is 1.76. The number of nitrogens with zero attached hydrogens (tertiary/aromatic N) is 1. The molecule has 2 N–H and O–H groups in total. The van der Waals surface area contributed by atoms with E-state index < -0.39 is 11.0 Å². The summed E-state index contributed by atoms with van der Waals surface area (Å²) in [4.78, 5) is 12.8. The molecular weight excluding hydrogens is 384 g/mol. The fourth-order valence-corrected chi connectivity index (χ4v) is 4.45. The summed E-state index contributed by atoms with van der Waals surface area (Å²) in [7, 11) is 1.87. The number of benzene rings is 1. The van der Waals surface area contributed by atoms with Gasteiger partial charge < -0.3 is 19.7 Å². The molecule has 0 bridgehead atoms. The summed E-state index contributed by atoms with van der Waals surface area (Å²) in [5.74, 6) is -0.199. The molecule has 1 heterocycles. The number of fused-ring (bicyclic) bond motifs is 1. The molecule has 1 aromatic heterocycles. The number of aryl methyl sites for hydroxylation is 1. The zero-order valence-electron chi connectivity index (χ0n) is 15.1. The highest BCUT2D eigenvalue weighted by Gasteiger charge is 2.60. The van der Waals surface area contributed by atoms with E-state index in [2.05, 4.69) is 21.2 Å². The van der Waals surface area contributed by atoms with Crippen molar-refractivity contribution in [3.63, 3.8) is 0 Å². The van der Waals surface area contributed by atoms with E-state index >= 15 is 0 Å². The van der Waals surface area contributed by atoms with Crippen molar-refractivity contribution >= 4 is 32.7 Å². The molecule has 1 aliphatic rings. The van der Waals surface area contributed by atoms with E-state index in [9.17, 15) is 9.90 Å². The Kier molecular flexibility index (Phi) is 4.73. The molecule has 0 unspecified atom stereocenters. The van der Waals surface area contributed by atoms with Crippen LogP contribution in [0.1, 0.15) is 37.7 Å². The van der Waals surface area contributed by atoms with Crippen LogP contribution in [-0.4, -0.2) is 40.4 Å². The normalized spacial score (nSPS) is 25.0. The van der Waals surface area contributed by atoms with Crippen molar-refractivity contribution in [3.8, 4) is 0 Å². The number of para-hydroxylation sites is 1. The third kappa shape index (κ3) is 2.80. The van der Waals surface area contributed by atoms with E-state index in [1.165, 1.54) is 0 Å². The second-order valence-electron chi connectivity index (χ2n) is 7.32. The summed E-state index contributed by atoms with van der Waals surface area (Å²) >= 11 is 3.54. The molecule has 0 aliphatic heterocycles. The van der Waals surface area contributed by atoms with E-state index in [1.807, 2.05) is 56.7 Å². The van der Waals surface area contributed by atoms with E-state index in [1.54, 1.807) is 0 Å². The summed E-state index contributed by atoms with van der Waals surface area (Å²) in [6, 6.07) is 7.85. The van der Waals surface area contributed by atoms with Crippen molar-refractivity contribution in [3.05, 3.63) is 34.4 Å². The van der Waals surface area contributed by atoms with Gasteiger partial charge in [0.1, 0.15) is 5.69 Å². The van der Waals surface area contributed by atoms with Crippen molar-refractivity contribution in [2.45, 2.75) is 38.9 Å². The summed E-state index contributed by atoms with van der Waals surface area (Å²) in [5.41, 5.74) is 0.188. The number of carbonyl (C=O) groups is 1. The Morgan fingerprint density at radius 1 is 1.44 bits per heavy atom. The lowest BCUT2D eigenvalue weighted by Gasteiger charge is -2.57. The highest BCUT2D eigenvalue weighted by atomic mass is 79.9. The molecule has 5 nitrogen and oxygen atoms in total. The Hall–Kier alpha value is -1.37. The standard InChI is InChI=1S/C19H25BrN2O3/c1-5-25-14-10-19(24,18(14,2)3)11-21-17(23)16-15(20)12-8-6-7-9-13(12)22(16)4/h6-9,14,24H,5,10-11H2,1-4H3,(H,21,23)/t14-,19+/m0/s1. The molecule has 2 atom stereocenters. The number of ether oxygens (including phenoxy) is 1. The predicted molar refractivity (Wildman–Crippen MR) is 102 cm³/mol. The van der Waals surface area contributed by atoms with Gasteiger partial charge in [0.25, 0.3) is 5.91 Å². The third-order valence-corrected chi connectivity index (χ3v) is 6.50. The number of aromatic nitrogens is 1. The Labute approximate surface area is 156 Å². The van der Waals surface area contributed by atoms with Gasteiger partial charge in [-0.05, 0) is 28.9 Å². The minimum Gasteiger partial charge on any atom is -0.387 e. The molecule has 136 valence electrons. The first-order chi connectivity index (χ1) is 11.7. The van der Waals surface area contributed by atoms with Gasteiger partial charge in [-0.25, -0.2) is 0 Å². The molecular formula is C19H25BrN2O3. The van der Waals surface area contributed by atoms with Gasteiger partial charge >= 0.3 is 0 Å². The molecule has 1 aromatic carbocycles. The average molecular weight is 409 g/mol. The van der Waals surface area contributed by atoms with Crippen LogP contribution in [0.3, 0.4) is 0 Å². The number of carbonyl (C=O) groups excluding carboxylic acids is 1. The molecule has 1 aliphatic carbocycles. The van der Waals surface area contributed by atoms with Crippen molar-refractivity contribution < 1.29 is 14.6 Å². The van der Waals surface area contributed by atoms with Gasteiger partial charge in [-0.3, -0.25) is 4.79 Å². The zero-order valence-corrected chi connectivity index (χ0v) is 16.7. The Morgan fingerprint density at radius 3 is 2.72 bits per heavy atom. The van der Waals surface area contributed by atoms with E-state index in [4.69, 9.17) is 4.74 Å². The van der Waals surface area contributed by atoms with Gasteiger partial charge in [-0.15, -0.1) is 0 Å². The summed E-state index contributed by atoms with van der Waals surface area (Å²) in [5, 5.41) is 14.8. The lowest BCUT2D eigenvalue weighted by atomic mass is 9.56. The van der Waals surface area contributed by atoms with Gasteiger partial charge in [-0.1, -0.05) is 32.0 Å². The second-order valence-corrected chi connectivity index (χ2v) is 8.12. The van der Waals surface area contributed by atoms with Crippen LogP contribution in [0.2, 0.25) is 0 Å². The van der Waals surface area contributed by atoms with Crippen LogP contribution in [-0.2, 0) is 11.8 Å². The quantitative estimate of drug-likeness (QED) is 0.797. The number of nitrogens with one attached hydrogen (secondary N) is 1. The second kappa shape index (κ2) is 6.41. The number of rotatable bonds is 5. The van der Waals surface area contributed by atoms with E-state index in [0.29, 0.717) is 18.7 Å². The van der Waals surface area contributed by atoms with Gasteiger partial charge in [0.15, 0.2) is 0 Å². The number of halogens is 1. The van der Waals surface area contributed by atoms with Crippen LogP contribution in [0.5, 0.6) is 0 Å². The molecule has 6 heteroatoms. The molecule has 0 saturated heterocycles. The molecule has 25 heavy (non-hydrogen) atoms. The lowest BCUT2D eigenvalue weighted by Crippen LogP contribution is -2.68. The highest BCUT2D eigenvalue weighted by molar-refractivity contribution is 9.10. The molecule has 2 aromatic rings. The first-order valence-electron chi connectivity index (χ1n) is 8.58. The monoisotopic (exact) mass is 408 g/mol. The minimum absolute atomic E-state index is 0.0174. The van der Waals surface area contributed by atoms with Gasteiger partial charge in [0.05, 0.1) is 16.2 Å². The molecule has 0 spiro atoms. The van der Waals surface area contributed by atoms with Crippen LogP contribution in [0.4, 0.5) is 0 Å². The van der Waals surface area contributed by atoms with Crippen LogP contribution in [0.25, 0.3) is 10.9 Å². The number of hydrogen-bond donors (Lipinski definition) is 2. The molecule has 3 rings (SSSR count). The first-order valence-corrected chi connectivity index (χ1v) is 9.37. The summed E-state index contributed by atoms with van der Waals surface area (Å²) < 4.78 is 8.32. The maximum atomic E-state index is 12.8. The van der Waals surface area contributed by atoms with Crippen molar-refractivity contribution in [1.29, 1.82) is 0 Å². The fraction of sp³-hybridized carbons (Fsp3) is 0.526. The highest BCUT2D eigenvalue weighted by Crippen LogP contribution is 2.51. The maximum Gasteiger partial charge on any atom is 0.269 e. The summed E-state index contributed by atoms with van der Waals surface area (Å²) in [6.07, 6.45) is 0.550. The van der Waals surface area contributed by atoms with Crippen LogP contribution in [0.15, 0.2) is 28.7 Å². The van der Waals surface area contributed by atoms with Gasteiger partial charge in [-0.2, -0.15) is 0 Å². The molecule has 1 amide bonds. The average Bonchev–Trinajstić information content (AvgIpc) is 2.84. The predicted octanol–water partition coefficient (Wildman–Crippen LogP) is 3.24. The van der Waals surface area contributed by atoms with Crippen molar-refractivity contribution in [2.24, 2.45) is 12.5 Å². The Bertz CT molecular complexity index is 775. The SMILES string of the molecule is CCO[C@H]1C[C@@](O)(CNC(=O)c2c(Br)c3ccccc3n2C)C1(C)C. The minimum atomic E-state index is -0.959. The van der Waals surface area contributed by atoms with Crippen LogP contribution in [0, 0.1) is 5.41 Å². The van der Waals surface area contributed by atoms with Crippen molar-refractivity contribution in [1.82, 2.24) is 9.88 Å². The van der Waals surface area contributed by atoms with E-state index in [-0.39, 0.29) is 18.6 Å². The summed E-state index contributed by atoms with van der Waals surface area (Å²) in [6.45, 7) is 6.74. The zero-order chi connectivity index (χ0) is 18.4. The number of hydrogen-bond acceptors (Lipinski definition) is 3. The maximum absolute atomic E-state index is 12.8. The van der Waals surface area contributed by atoms with Crippen molar-refractivity contribution in [2.75, 3.05) is 13.2 Å². The van der Waals surface area contributed by atoms with Gasteiger partial charge in [0.2, 0.25) is 0 Å². The van der Waals surface area contributed by atoms with Crippen LogP contribution < -0.4 is 5.32 Å². The largest absolute Gasteiger partial charge is 0.387 e. The van der Waals surface area contributed by atoms with Gasteiger partial charge in [0, 0.05) is 42.9 Å². The fourth-order valence-electron chi connectivity index (χ4n) is 3.67. The smallest absolute Gasteiger partial charge is 0.269 e. The molecule has 0 radical (unpaired) electrons. The molecule has 1 fully saturated rings. The number of aliphatic hydroxyl groups is 1. The molecule has 1 saturated carbocycles. The van der Waals surface area contributed by atoms with E-state index in [0.717, 1.165) is 15.4 Å². The topological polar surface area (TPSA) is 63.5 Å². The lowest BCUT2D eigenvalue weighted by molar-refractivity contribution is -0.237. The first kappa shape index (κ1) is 18.4.